The highest BCUT2D eigenvalue weighted by Crippen LogP contribution is 2.50. The summed E-state index contributed by atoms with van der Waals surface area (Å²) in [7, 11) is 1.69. The van der Waals surface area contributed by atoms with Gasteiger partial charge in [-0.25, -0.2) is 0 Å². The van der Waals surface area contributed by atoms with Crippen molar-refractivity contribution in [1.82, 2.24) is 0 Å². The molecule has 0 heterocycles. The minimum Gasteiger partial charge on any atom is -0.497 e. The van der Waals surface area contributed by atoms with Crippen molar-refractivity contribution in [2.45, 2.75) is 26.2 Å². The van der Waals surface area contributed by atoms with Gasteiger partial charge in [0.15, 0.2) is 5.78 Å². The van der Waals surface area contributed by atoms with Crippen LogP contribution in [0.1, 0.15) is 30.9 Å². The minimum absolute atomic E-state index is 0.0681. The third kappa shape index (κ3) is 1.51. The lowest BCUT2D eigenvalue weighted by atomic mass is 9.70. The van der Waals surface area contributed by atoms with E-state index in [1.54, 1.807) is 7.11 Å². The number of hydrogen-bond acceptors (Lipinski definition) is 2. The van der Waals surface area contributed by atoms with Gasteiger partial charge in [-0.1, -0.05) is 13.0 Å². The Labute approximate surface area is 101 Å². The minimum atomic E-state index is 0.0681. The van der Waals surface area contributed by atoms with E-state index >= 15 is 0 Å². The fraction of sp³-hybridized carbons (Fsp3) is 0.400. The van der Waals surface area contributed by atoms with Crippen molar-refractivity contribution >= 4 is 11.4 Å². The first-order valence-corrected chi connectivity index (χ1v) is 6.05. The lowest BCUT2D eigenvalue weighted by Gasteiger charge is -2.33. The van der Waals surface area contributed by atoms with Gasteiger partial charge in [0.25, 0.3) is 0 Å². The van der Waals surface area contributed by atoms with Crippen LogP contribution in [0.25, 0.3) is 5.57 Å². The maximum atomic E-state index is 11.6. The third-order valence-electron chi connectivity index (χ3n) is 4.07. The van der Waals surface area contributed by atoms with Crippen LogP contribution < -0.4 is 4.74 Å². The molecule has 88 valence electrons. The molecule has 1 unspecified atom stereocenters. The molecule has 0 fully saturated rings. The van der Waals surface area contributed by atoms with E-state index in [-0.39, 0.29) is 11.2 Å². The normalized spacial score (nSPS) is 26.2. The SMILES string of the molecule is COc1ccc2c(c1)CCC1(C)CC(=O)C=C21. The number of hydrogen-bond donors (Lipinski definition) is 0. The van der Waals surface area contributed by atoms with Gasteiger partial charge in [0.2, 0.25) is 0 Å². The van der Waals surface area contributed by atoms with Crippen LogP contribution in [0.5, 0.6) is 5.75 Å². The number of carbonyl (C=O) groups excluding carboxylic acids is 1. The summed E-state index contributed by atoms with van der Waals surface area (Å²) in [6, 6.07) is 6.17. The van der Waals surface area contributed by atoms with E-state index in [2.05, 4.69) is 19.1 Å². The van der Waals surface area contributed by atoms with Gasteiger partial charge in [-0.05, 0) is 47.8 Å². The standard InChI is InChI=1S/C15H16O2/c1-15-6-5-10-7-12(17-2)3-4-13(10)14(15)8-11(16)9-15/h3-4,7-8H,5-6,9H2,1-2H3. The number of allylic oxidation sites excluding steroid dienone is 2. The molecule has 0 spiro atoms. The van der Waals surface area contributed by atoms with E-state index in [1.807, 2.05) is 12.1 Å². The summed E-state index contributed by atoms with van der Waals surface area (Å²) in [5.41, 5.74) is 3.85. The molecule has 2 aliphatic rings. The van der Waals surface area contributed by atoms with Gasteiger partial charge >= 0.3 is 0 Å². The molecule has 0 aromatic heterocycles. The van der Waals surface area contributed by atoms with Crippen molar-refractivity contribution in [3.63, 3.8) is 0 Å². The second-order valence-electron chi connectivity index (χ2n) is 5.28. The van der Waals surface area contributed by atoms with Crippen LogP contribution in [0.4, 0.5) is 0 Å². The summed E-state index contributed by atoms with van der Waals surface area (Å²) in [6.07, 6.45) is 4.61. The molecule has 0 saturated carbocycles. The molecule has 1 aromatic carbocycles. The second kappa shape index (κ2) is 3.46. The van der Waals surface area contributed by atoms with Gasteiger partial charge in [0, 0.05) is 11.8 Å². The zero-order valence-corrected chi connectivity index (χ0v) is 10.2. The third-order valence-corrected chi connectivity index (χ3v) is 4.07. The predicted octanol–water partition coefficient (Wildman–Crippen LogP) is 3.00. The van der Waals surface area contributed by atoms with E-state index in [4.69, 9.17) is 4.74 Å². The molecule has 0 bridgehead atoms. The Morgan fingerprint density at radius 3 is 2.94 bits per heavy atom. The molecule has 0 saturated heterocycles. The Kier molecular flexibility index (Phi) is 2.15. The number of ketones is 1. The quantitative estimate of drug-likeness (QED) is 0.738. The average molecular weight is 228 g/mol. The van der Waals surface area contributed by atoms with E-state index in [0.29, 0.717) is 6.42 Å². The van der Waals surface area contributed by atoms with Gasteiger partial charge in [0.1, 0.15) is 5.75 Å². The highest BCUT2D eigenvalue weighted by Gasteiger charge is 2.40. The molecule has 0 aliphatic heterocycles. The largest absolute Gasteiger partial charge is 0.497 e. The smallest absolute Gasteiger partial charge is 0.156 e. The summed E-state index contributed by atoms with van der Waals surface area (Å²) in [5, 5.41) is 0. The molecule has 1 atom stereocenters. The van der Waals surface area contributed by atoms with Gasteiger partial charge in [-0.3, -0.25) is 4.79 Å². The first-order chi connectivity index (χ1) is 8.12. The predicted molar refractivity (Wildman–Crippen MR) is 67.0 cm³/mol. The summed E-state index contributed by atoms with van der Waals surface area (Å²) in [6.45, 7) is 2.21. The molecule has 1 aromatic rings. The monoisotopic (exact) mass is 228 g/mol. The molecule has 2 heteroatoms. The van der Waals surface area contributed by atoms with Gasteiger partial charge in [0.05, 0.1) is 7.11 Å². The maximum Gasteiger partial charge on any atom is 0.156 e. The van der Waals surface area contributed by atoms with E-state index in [9.17, 15) is 4.79 Å². The molecule has 17 heavy (non-hydrogen) atoms. The van der Waals surface area contributed by atoms with Gasteiger partial charge in [-0.2, -0.15) is 0 Å². The summed E-state index contributed by atoms with van der Waals surface area (Å²) in [4.78, 5) is 11.6. The highest BCUT2D eigenvalue weighted by molar-refractivity contribution is 6.04. The number of rotatable bonds is 1. The molecular formula is C15H16O2. The van der Waals surface area contributed by atoms with Crippen molar-refractivity contribution in [2.75, 3.05) is 7.11 Å². The zero-order valence-electron chi connectivity index (χ0n) is 10.2. The first-order valence-electron chi connectivity index (χ1n) is 6.05. The fourth-order valence-electron chi connectivity index (χ4n) is 3.07. The summed E-state index contributed by atoms with van der Waals surface area (Å²) < 4.78 is 5.25. The van der Waals surface area contributed by atoms with Gasteiger partial charge < -0.3 is 4.74 Å². The molecular weight excluding hydrogens is 212 g/mol. The fourth-order valence-corrected chi connectivity index (χ4v) is 3.07. The Morgan fingerprint density at radius 2 is 2.18 bits per heavy atom. The van der Waals surface area contributed by atoms with Crippen molar-refractivity contribution in [1.29, 1.82) is 0 Å². The van der Waals surface area contributed by atoms with Crippen LogP contribution in [-0.2, 0) is 11.2 Å². The lowest BCUT2D eigenvalue weighted by Crippen LogP contribution is -2.22. The number of carbonyl (C=O) groups is 1. The Hall–Kier alpha value is -1.57. The average Bonchev–Trinajstić information content (AvgIpc) is 2.63. The van der Waals surface area contributed by atoms with E-state index in [0.717, 1.165) is 18.6 Å². The molecule has 0 amide bonds. The van der Waals surface area contributed by atoms with Crippen molar-refractivity contribution < 1.29 is 9.53 Å². The number of methoxy groups -OCH3 is 1. The molecule has 2 nitrogen and oxygen atoms in total. The summed E-state index contributed by atoms with van der Waals surface area (Å²) in [5.74, 6) is 1.17. The molecule has 0 N–H and O–H groups in total. The molecule has 2 aliphatic carbocycles. The highest BCUT2D eigenvalue weighted by atomic mass is 16.5. The lowest BCUT2D eigenvalue weighted by molar-refractivity contribution is -0.115. The maximum absolute atomic E-state index is 11.6. The Bertz CT molecular complexity index is 528. The number of benzene rings is 1. The van der Waals surface area contributed by atoms with Crippen LogP contribution >= 0.6 is 0 Å². The molecule has 3 rings (SSSR count). The van der Waals surface area contributed by atoms with Gasteiger partial charge in [-0.15, -0.1) is 0 Å². The number of fused-ring (bicyclic) bond motifs is 3. The number of aryl methyl sites for hydroxylation is 1. The zero-order chi connectivity index (χ0) is 12.0. The number of ether oxygens (including phenoxy) is 1. The van der Waals surface area contributed by atoms with Crippen LogP contribution in [-0.4, -0.2) is 12.9 Å². The molecule has 0 radical (unpaired) electrons. The van der Waals surface area contributed by atoms with Crippen molar-refractivity contribution in [2.24, 2.45) is 5.41 Å². The van der Waals surface area contributed by atoms with Crippen LogP contribution in [0.3, 0.4) is 0 Å². The van der Waals surface area contributed by atoms with Crippen LogP contribution in [0.15, 0.2) is 24.3 Å². The Balaban J connectivity index is 2.13. The van der Waals surface area contributed by atoms with Crippen molar-refractivity contribution in [3.05, 3.63) is 35.4 Å². The van der Waals surface area contributed by atoms with E-state index < -0.39 is 0 Å². The summed E-state index contributed by atoms with van der Waals surface area (Å²) >= 11 is 0. The Morgan fingerprint density at radius 1 is 1.35 bits per heavy atom. The van der Waals surface area contributed by atoms with Crippen molar-refractivity contribution in [3.8, 4) is 5.75 Å². The second-order valence-corrected chi connectivity index (χ2v) is 5.28. The van der Waals surface area contributed by atoms with Crippen LogP contribution in [0, 0.1) is 5.41 Å². The van der Waals surface area contributed by atoms with E-state index in [1.165, 1.54) is 16.7 Å². The van der Waals surface area contributed by atoms with Crippen LogP contribution in [0.2, 0.25) is 0 Å². The first kappa shape index (κ1) is 10.6. The topological polar surface area (TPSA) is 26.3 Å².